The van der Waals surface area contributed by atoms with Crippen molar-refractivity contribution < 1.29 is 9.21 Å². The Morgan fingerprint density at radius 3 is 2.88 bits per heavy atom. The van der Waals surface area contributed by atoms with Gasteiger partial charge in [-0.1, -0.05) is 22.0 Å². The van der Waals surface area contributed by atoms with E-state index < -0.39 is 0 Å². The van der Waals surface area contributed by atoms with Crippen molar-refractivity contribution in [2.24, 2.45) is 0 Å². The maximum absolute atomic E-state index is 12.3. The number of nitrogens with one attached hydrogen (secondary N) is 2. The zero-order valence-electron chi connectivity index (χ0n) is 12.9. The average molecular weight is 387 g/mol. The minimum atomic E-state index is -0.297. The molecule has 2 N–H and O–H groups in total. The third-order valence-corrected chi connectivity index (χ3v) is 4.21. The molecule has 0 aliphatic heterocycles. The molecule has 122 valence electrons. The predicted molar refractivity (Wildman–Crippen MR) is 94.9 cm³/mol. The van der Waals surface area contributed by atoms with Crippen LogP contribution < -0.4 is 10.6 Å². The van der Waals surface area contributed by atoms with Gasteiger partial charge < -0.3 is 15.1 Å². The molecule has 1 amide bonds. The Hall–Kier alpha value is -2.67. The van der Waals surface area contributed by atoms with Gasteiger partial charge in [0, 0.05) is 16.2 Å². The van der Waals surface area contributed by atoms with Gasteiger partial charge >= 0.3 is 0 Å². The molecule has 0 saturated carbocycles. The van der Waals surface area contributed by atoms with Gasteiger partial charge in [0.05, 0.1) is 12.8 Å². The summed E-state index contributed by atoms with van der Waals surface area (Å²) in [6.07, 6.45) is 2.96. The molecule has 1 aromatic carbocycles. The number of furan rings is 1. The van der Waals surface area contributed by atoms with Gasteiger partial charge in [-0.3, -0.25) is 4.79 Å². The zero-order chi connectivity index (χ0) is 16.9. The second-order valence-electron chi connectivity index (χ2n) is 5.14. The Labute approximate surface area is 147 Å². The summed E-state index contributed by atoms with van der Waals surface area (Å²) in [5.41, 5.74) is 2.07. The van der Waals surface area contributed by atoms with Crippen molar-refractivity contribution in [2.75, 3.05) is 10.6 Å². The van der Waals surface area contributed by atoms with Gasteiger partial charge in [-0.15, -0.1) is 0 Å². The molecule has 24 heavy (non-hydrogen) atoms. The summed E-state index contributed by atoms with van der Waals surface area (Å²) in [6, 6.07) is 10.9. The van der Waals surface area contributed by atoms with Gasteiger partial charge in [0.1, 0.15) is 23.6 Å². The van der Waals surface area contributed by atoms with E-state index in [0.29, 0.717) is 18.1 Å². The molecule has 6 nitrogen and oxygen atoms in total. The van der Waals surface area contributed by atoms with E-state index in [9.17, 15) is 4.79 Å². The number of halogens is 1. The summed E-state index contributed by atoms with van der Waals surface area (Å²) in [7, 11) is 0. The monoisotopic (exact) mass is 386 g/mol. The fourth-order valence-electron chi connectivity index (χ4n) is 2.03. The van der Waals surface area contributed by atoms with Crippen LogP contribution in [-0.4, -0.2) is 15.9 Å². The first kappa shape index (κ1) is 16.2. The maximum atomic E-state index is 12.3. The highest BCUT2D eigenvalue weighted by atomic mass is 79.9. The predicted octanol–water partition coefficient (Wildman–Crippen LogP) is 4.00. The molecule has 0 spiro atoms. The molecule has 0 atom stereocenters. The fraction of sp³-hybridized carbons (Fsp3) is 0.118. The standard InChI is InChI=1S/C17H15BrN4O2/c1-11-4-5-12(7-14(11)18)22-17(23)15-8-16(21-10-20-15)19-9-13-3-2-6-24-13/h2-8,10H,9H2,1H3,(H,22,23)(H,19,20,21). The van der Waals surface area contributed by atoms with Crippen LogP contribution in [-0.2, 0) is 6.54 Å². The maximum Gasteiger partial charge on any atom is 0.274 e. The number of carbonyl (C=O) groups excluding carboxylic acids is 1. The van der Waals surface area contributed by atoms with Gasteiger partial charge in [0.15, 0.2) is 0 Å². The van der Waals surface area contributed by atoms with Crippen LogP contribution in [0.25, 0.3) is 0 Å². The smallest absolute Gasteiger partial charge is 0.274 e. The highest BCUT2D eigenvalue weighted by molar-refractivity contribution is 9.10. The molecule has 7 heteroatoms. The van der Waals surface area contributed by atoms with Crippen LogP contribution in [0.5, 0.6) is 0 Å². The summed E-state index contributed by atoms with van der Waals surface area (Å²) in [5.74, 6) is 1.04. The molecular formula is C17H15BrN4O2. The first-order valence-corrected chi connectivity index (χ1v) is 8.07. The van der Waals surface area contributed by atoms with Crippen LogP contribution >= 0.6 is 15.9 Å². The van der Waals surface area contributed by atoms with E-state index in [1.165, 1.54) is 6.33 Å². The molecule has 0 radical (unpaired) electrons. The van der Waals surface area contributed by atoms with E-state index in [2.05, 4.69) is 36.5 Å². The van der Waals surface area contributed by atoms with E-state index in [-0.39, 0.29) is 11.6 Å². The van der Waals surface area contributed by atoms with Crippen molar-refractivity contribution >= 4 is 33.3 Å². The molecule has 3 rings (SSSR count). The van der Waals surface area contributed by atoms with Crippen LogP contribution in [0.15, 0.2) is 57.9 Å². The lowest BCUT2D eigenvalue weighted by atomic mass is 10.2. The molecule has 0 saturated heterocycles. The number of benzene rings is 1. The van der Waals surface area contributed by atoms with E-state index >= 15 is 0 Å². The van der Waals surface area contributed by atoms with Crippen molar-refractivity contribution in [1.29, 1.82) is 0 Å². The lowest BCUT2D eigenvalue weighted by Gasteiger charge is -2.08. The van der Waals surface area contributed by atoms with E-state index in [1.807, 2.05) is 37.3 Å². The van der Waals surface area contributed by atoms with Crippen LogP contribution in [0.4, 0.5) is 11.5 Å². The Morgan fingerprint density at radius 2 is 2.12 bits per heavy atom. The molecule has 0 bridgehead atoms. The normalized spacial score (nSPS) is 10.4. The lowest BCUT2D eigenvalue weighted by Crippen LogP contribution is -2.14. The number of anilines is 2. The number of carbonyl (C=O) groups is 1. The van der Waals surface area contributed by atoms with Gasteiger partial charge in [-0.2, -0.15) is 0 Å². The first-order valence-electron chi connectivity index (χ1n) is 7.27. The van der Waals surface area contributed by atoms with E-state index in [0.717, 1.165) is 15.8 Å². The van der Waals surface area contributed by atoms with Crippen LogP contribution in [0.1, 0.15) is 21.8 Å². The second-order valence-corrected chi connectivity index (χ2v) is 5.99. The summed E-state index contributed by atoms with van der Waals surface area (Å²) in [4.78, 5) is 20.5. The first-order chi connectivity index (χ1) is 11.6. The summed E-state index contributed by atoms with van der Waals surface area (Å²) in [5, 5.41) is 5.91. The van der Waals surface area contributed by atoms with Crippen molar-refractivity contribution in [1.82, 2.24) is 9.97 Å². The number of aromatic nitrogens is 2. The van der Waals surface area contributed by atoms with E-state index in [4.69, 9.17) is 4.42 Å². The van der Waals surface area contributed by atoms with Crippen molar-refractivity contribution in [2.45, 2.75) is 13.5 Å². The van der Waals surface area contributed by atoms with Gasteiger partial charge in [0.25, 0.3) is 5.91 Å². The van der Waals surface area contributed by atoms with Crippen LogP contribution in [0.2, 0.25) is 0 Å². The number of rotatable bonds is 5. The Kier molecular flexibility index (Phi) is 4.90. The third kappa shape index (κ3) is 3.99. The molecule has 0 aliphatic carbocycles. The zero-order valence-corrected chi connectivity index (χ0v) is 14.5. The highest BCUT2D eigenvalue weighted by Crippen LogP contribution is 2.21. The minimum absolute atomic E-state index is 0.281. The quantitative estimate of drug-likeness (QED) is 0.692. The average Bonchev–Trinajstić information content (AvgIpc) is 3.10. The summed E-state index contributed by atoms with van der Waals surface area (Å²) < 4.78 is 6.18. The van der Waals surface area contributed by atoms with Crippen LogP contribution in [0, 0.1) is 6.92 Å². The summed E-state index contributed by atoms with van der Waals surface area (Å²) >= 11 is 3.45. The molecule has 0 aliphatic rings. The number of aryl methyl sites for hydroxylation is 1. The molecule has 2 heterocycles. The fourth-order valence-corrected chi connectivity index (χ4v) is 2.41. The summed E-state index contributed by atoms with van der Waals surface area (Å²) in [6.45, 7) is 2.47. The number of hydrogen-bond acceptors (Lipinski definition) is 5. The Balaban J connectivity index is 1.68. The van der Waals surface area contributed by atoms with Gasteiger partial charge in [-0.05, 0) is 36.8 Å². The Bertz CT molecular complexity index is 850. The second kappa shape index (κ2) is 7.27. The lowest BCUT2D eigenvalue weighted by molar-refractivity contribution is 0.102. The van der Waals surface area contributed by atoms with Crippen LogP contribution in [0.3, 0.4) is 0 Å². The molecular weight excluding hydrogens is 372 g/mol. The number of hydrogen-bond donors (Lipinski definition) is 2. The van der Waals surface area contributed by atoms with E-state index in [1.54, 1.807) is 12.3 Å². The highest BCUT2D eigenvalue weighted by Gasteiger charge is 2.10. The largest absolute Gasteiger partial charge is 0.467 e. The molecule has 0 unspecified atom stereocenters. The number of amides is 1. The minimum Gasteiger partial charge on any atom is -0.467 e. The molecule has 0 fully saturated rings. The van der Waals surface area contributed by atoms with Crippen molar-refractivity contribution in [3.63, 3.8) is 0 Å². The SMILES string of the molecule is Cc1ccc(NC(=O)c2cc(NCc3ccco3)ncn2)cc1Br. The van der Waals surface area contributed by atoms with Crippen molar-refractivity contribution in [3.8, 4) is 0 Å². The molecule has 2 aromatic heterocycles. The molecule has 3 aromatic rings. The third-order valence-electron chi connectivity index (χ3n) is 3.35. The number of nitrogens with zero attached hydrogens (tertiary/aromatic N) is 2. The van der Waals surface area contributed by atoms with Gasteiger partial charge in [-0.25, -0.2) is 9.97 Å². The van der Waals surface area contributed by atoms with Gasteiger partial charge in [0.2, 0.25) is 0 Å². The Morgan fingerprint density at radius 1 is 1.25 bits per heavy atom. The van der Waals surface area contributed by atoms with Crippen molar-refractivity contribution in [3.05, 3.63) is 70.5 Å². The topological polar surface area (TPSA) is 80.0 Å².